The van der Waals surface area contributed by atoms with E-state index in [9.17, 15) is 9.18 Å². The molecule has 2 fully saturated rings. The first kappa shape index (κ1) is 19.6. The average molecular weight is 383 g/mol. The van der Waals surface area contributed by atoms with Crippen molar-refractivity contribution in [1.29, 1.82) is 0 Å². The minimum absolute atomic E-state index is 0.0150. The van der Waals surface area contributed by atoms with E-state index in [0.29, 0.717) is 36.6 Å². The van der Waals surface area contributed by atoms with Crippen LogP contribution in [0, 0.1) is 23.6 Å². The molecule has 2 bridgehead atoms. The number of carbonyl (C=O) groups is 1. The monoisotopic (exact) mass is 382 g/mol. The van der Waals surface area contributed by atoms with E-state index in [4.69, 9.17) is 22.1 Å². The summed E-state index contributed by atoms with van der Waals surface area (Å²) < 4.78 is 18.5. The number of amides is 1. The van der Waals surface area contributed by atoms with Gasteiger partial charge in [-0.2, -0.15) is 0 Å². The van der Waals surface area contributed by atoms with Crippen LogP contribution in [0.2, 0.25) is 5.02 Å². The summed E-state index contributed by atoms with van der Waals surface area (Å²) >= 11 is 6.17. The molecule has 2 unspecified atom stereocenters. The second-order valence-corrected chi connectivity index (χ2v) is 8.09. The summed E-state index contributed by atoms with van der Waals surface area (Å²) in [7, 11) is 1.62. The van der Waals surface area contributed by atoms with E-state index in [0.717, 1.165) is 31.2 Å². The molecule has 0 saturated heterocycles. The SMILES string of the molecule is COCCN(Cc1ccc(F)cc1Cl)C(=O)C1CC2CCCC(C1)C2N. The Morgan fingerprint density at radius 2 is 2.04 bits per heavy atom. The summed E-state index contributed by atoms with van der Waals surface area (Å²) in [6, 6.07) is 4.56. The second-order valence-electron chi connectivity index (χ2n) is 7.69. The van der Waals surface area contributed by atoms with E-state index in [1.807, 2.05) is 0 Å². The number of hydrogen-bond acceptors (Lipinski definition) is 3. The van der Waals surface area contributed by atoms with E-state index >= 15 is 0 Å². The van der Waals surface area contributed by atoms with Crippen molar-refractivity contribution in [1.82, 2.24) is 4.90 Å². The molecular weight excluding hydrogens is 355 g/mol. The van der Waals surface area contributed by atoms with Gasteiger partial charge in [-0.3, -0.25) is 4.79 Å². The number of fused-ring (bicyclic) bond motifs is 2. The maximum Gasteiger partial charge on any atom is 0.226 e. The van der Waals surface area contributed by atoms with Crippen LogP contribution in [-0.2, 0) is 16.1 Å². The highest BCUT2D eigenvalue weighted by Crippen LogP contribution is 2.42. The molecule has 1 aromatic carbocycles. The van der Waals surface area contributed by atoms with Gasteiger partial charge in [-0.15, -0.1) is 0 Å². The Morgan fingerprint density at radius 3 is 2.65 bits per heavy atom. The van der Waals surface area contributed by atoms with Crippen molar-refractivity contribution in [3.8, 4) is 0 Å². The van der Waals surface area contributed by atoms with Crippen molar-refractivity contribution in [2.75, 3.05) is 20.3 Å². The number of benzene rings is 1. The lowest BCUT2D eigenvalue weighted by atomic mass is 9.65. The predicted molar refractivity (Wildman–Crippen MR) is 100 cm³/mol. The molecule has 2 N–H and O–H groups in total. The van der Waals surface area contributed by atoms with Crippen LogP contribution in [0.15, 0.2) is 18.2 Å². The number of hydrogen-bond donors (Lipinski definition) is 1. The van der Waals surface area contributed by atoms with Crippen molar-refractivity contribution in [2.45, 2.75) is 44.7 Å². The number of carbonyl (C=O) groups excluding carboxylic acids is 1. The molecule has 0 heterocycles. The molecule has 1 amide bonds. The van der Waals surface area contributed by atoms with Gasteiger partial charge >= 0.3 is 0 Å². The summed E-state index contributed by atoms with van der Waals surface area (Å²) in [6.45, 7) is 1.34. The molecule has 3 rings (SSSR count). The Hall–Kier alpha value is -1.17. The molecule has 0 radical (unpaired) electrons. The van der Waals surface area contributed by atoms with Gasteiger partial charge in [0.2, 0.25) is 5.91 Å². The third kappa shape index (κ3) is 4.38. The Balaban J connectivity index is 1.73. The van der Waals surface area contributed by atoms with Crippen LogP contribution in [0.4, 0.5) is 4.39 Å². The summed E-state index contributed by atoms with van der Waals surface area (Å²) in [5.41, 5.74) is 7.12. The van der Waals surface area contributed by atoms with Crippen LogP contribution in [-0.4, -0.2) is 37.1 Å². The molecule has 1 aromatic rings. The lowest BCUT2D eigenvalue weighted by Crippen LogP contribution is -2.50. The van der Waals surface area contributed by atoms with E-state index in [2.05, 4.69) is 0 Å². The van der Waals surface area contributed by atoms with Gasteiger partial charge in [-0.25, -0.2) is 4.39 Å². The van der Waals surface area contributed by atoms with E-state index < -0.39 is 0 Å². The molecule has 0 aromatic heterocycles. The number of nitrogens with zero attached hydrogens (tertiary/aromatic N) is 1. The topological polar surface area (TPSA) is 55.6 Å². The number of halogens is 2. The van der Waals surface area contributed by atoms with Crippen molar-refractivity contribution >= 4 is 17.5 Å². The number of nitrogens with two attached hydrogens (primary N) is 1. The summed E-state index contributed by atoms with van der Waals surface area (Å²) in [4.78, 5) is 15.0. The van der Waals surface area contributed by atoms with Gasteiger partial charge in [0.25, 0.3) is 0 Å². The fourth-order valence-corrected chi connectivity index (χ4v) is 4.80. The quantitative estimate of drug-likeness (QED) is 0.817. The maximum atomic E-state index is 13.3. The molecule has 26 heavy (non-hydrogen) atoms. The normalized spacial score (nSPS) is 28.0. The van der Waals surface area contributed by atoms with E-state index in [-0.39, 0.29) is 23.7 Å². The van der Waals surface area contributed by atoms with E-state index in [1.54, 1.807) is 18.1 Å². The Kier molecular flexibility index (Phi) is 6.54. The number of rotatable bonds is 6. The number of ether oxygens (including phenoxy) is 1. The molecule has 2 aliphatic carbocycles. The third-order valence-corrected chi connectivity index (χ3v) is 6.37. The molecule has 2 aliphatic rings. The fourth-order valence-electron chi connectivity index (χ4n) is 4.57. The highest BCUT2D eigenvalue weighted by molar-refractivity contribution is 6.31. The van der Waals surface area contributed by atoms with Crippen molar-refractivity contribution < 1.29 is 13.9 Å². The van der Waals surface area contributed by atoms with Crippen LogP contribution in [0.25, 0.3) is 0 Å². The Morgan fingerprint density at radius 1 is 1.35 bits per heavy atom. The molecule has 6 heteroatoms. The molecule has 4 nitrogen and oxygen atoms in total. The third-order valence-electron chi connectivity index (χ3n) is 6.02. The van der Waals surface area contributed by atoms with Crippen LogP contribution in [0.3, 0.4) is 0 Å². The Bertz CT molecular complexity index is 628. The minimum atomic E-state index is -0.373. The van der Waals surface area contributed by atoms with Crippen molar-refractivity contribution in [2.24, 2.45) is 23.5 Å². The lowest BCUT2D eigenvalue weighted by molar-refractivity contribution is -0.140. The zero-order valence-electron chi connectivity index (χ0n) is 15.3. The van der Waals surface area contributed by atoms with Crippen molar-refractivity contribution in [3.05, 3.63) is 34.6 Å². The number of methoxy groups -OCH3 is 1. The van der Waals surface area contributed by atoms with Gasteiger partial charge in [0.15, 0.2) is 0 Å². The first-order valence-electron chi connectivity index (χ1n) is 9.46. The van der Waals surface area contributed by atoms with Crippen LogP contribution in [0.5, 0.6) is 0 Å². The average Bonchev–Trinajstić information content (AvgIpc) is 2.59. The molecule has 0 spiro atoms. The fraction of sp³-hybridized carbons (Fsp3) is 0.650. The first-order valence-corrected chi connectivity index (χ1v) is 9.84. The van der Waals surface area contributed by atoms with Crippen molar-refractivity contribution in [3.63, 3.8) is 0 Å². The first-order chi connectivity index (χ1) is 12.5. The minimum Gasteiger partial charge on any atom is -0.383 e. The highest BCUT2D eigenvalue weighted by atomic mass is 35.5. The van der Waals surface area contributed by atoms with Gasteiger partial charge < -0.3 is 15.4 Å². The summed E-state index contributed by atoms with van der Waals surface area (Å²) in [5.74, 6) is 0.695. The van der Waals surface area contributed by atoms with Gasteiger partial charge in [-0.1, -0.05) is 24.1 Å². The largest absolute Gasteiger partial charge is 0.383 e. The van der Waals surface area contributed by atoms with Gasteiger partial charge in [-0.05, 0) is 55.2 Å². The molecular formula is C20H28ClFN2O2. The van der Waals surface area contributed by atoms with Gasteiger partial charge in [0, 0.05) is 37.2 Å². The molecule has 2 atom stereocenters. The zero-order chi connectivity index (χ0) is 18.7. The van der Waals surface area contributed by atoms with Crippen LogP contribution in [0.1, 0.15) is 37.7 Å². The predicted octanol–water partition coefficient (Wildman–Crippen LogP) is 3.61. The smallest absolute Gasteiger partial charge is 0.226 e. The maximum absolute atomic E-state index is 13.3. The molecule has 2 saturated carbocycles. The van der Waals surface area contributed by atoms with Gasteiger partial charge in [0.1, 0.15) is 5.82 Å². The Labute approximate surface area is 159 Å². The van der Waals surface area contributed by atoms with E-state index in [1.165, 1.54) is 18.6 Å². The molecule has 144 valence electrons. The summed E-state index contributed by atoms with van der Waals surface area (Å²) in [5, 5.41) is 0.350. The van der Waals surface area contributed by atoms with Gasteiger partial charge in [0.05, 0.1) is 6.61 Å². The van der Waals surface area contributed by atoms with Crippen LogP contribution >= 0.6 is 11.6 Å². The summed E-state index contributed by atoms with van der Waals surface area (Å²) in [6.07, 6.45) is 5.23. The zero-order valence-corrected chi connectivity index (χ0v) is 16.1. The highest BCUT2D eigenvalue weighted by Gasteiger charge is 2.41. The second kappa shape index (κ2) is 8.68. The standard InChI is InChI=1S/C20H28ClFN2O2/c1-26-8-7-24(12-15-5-6-17(22)11-18(15)21)20(25)16-9-13-3-2-4-14(10-16)19(13)23/h5-6,11,13-14,16,19H,2-4,7-10,12,23H2,1H3. The lowest BCUT2D eigenvalue weighted by Gasteiger charge is -2.44. The molecule has 0 aliphatic heterocycles. The van der Waals surface area contributed by atoms with Crippen LogP contribution < -0.4 is 5.73 Å².